The van der Waals surface area contributed by atoms with Gasteiger partial charge in [0.15, 0.2) is 0 Å². The highest BCUT2D eigenvalue weighted by atomic mass is 16.5. The Labute approximate surface area is 154 Å². The first kappa shape index (κ1) is 17.1. The Balaban J connectivity index is 1.47. The Bertz CT molecular complexity index is 767. The van der Waals surface area contributed by atoms with E-state index < -0.39 is 0 Å². The first-order valence-electron chi connectivity index (χ1n) is 9.68. The molecule has 6 heteroatoms. The molecule has 4 rings (SSSR count). The smallest absolute Gasteiger partial charge is 0.318 e. The fourth-order valence-corrected chi connectivity index (χ4v) is 4.04. The molecule has 1 unspecified atom stereocenters. The quantitative estimate of drug-likeness (QED) is 0.895. The SMILES string of the molecule is Cc1cccc(-c2noc(C3CCCN3C(=O)NC3CCCCC3)n2)c1. The number of aryl methyl sites for hydroxylation is 1. The lowest BCUT2D eigenvalue weighted by Gasteiger charge is -2.28. The van der Waals surface area contributed by atoms with Gasteiger partial charge in [-0.25, -0.2) is 4.79 Å². The van der Waals surface area contributed by atoms with Gasteiger partial charge in [-0.1, -0.05) is 48.2 Å². The molecule has 0 bridgehead atoms. The summed E-state index contributed by atoms with van der Waals surface area (Å²) in [4.78, 5) is 19.2. The summed E-state index contributed by atoms with van der Waals surface area (Å²) >= 11 is 0. The van der Waals surface area contributed by atoms with Crippen molar-refractivity contribution in [3.8, 4) is 11.4 Å². The standard InChI is InChI=1S/C20H26N4O2/c1-14-7-5-8-15(13-14)18-22-19(26-23-18)17-11-6-12-24(17)20(25)21-16-9-3-2-4-10-16/h5,7-8,13,16-17H,2-4,6,9-12H2,1H3,(H,21,25). The van der Waals surface area contributed by atoms with Gasteiger partial charge >= 0.3 is 6.03 Å². The molecule has 2 heterocycles. The summed E-state index contributed by atoms with van der Waals surface area (Å²) in [5, 5.41) is 7.34. The summed E-state index contributed by atoms with van der Waals surface area (Å²) in [7, 11) is 0. The third-order valence-electron chi connectivity index (χ3n) is 5.45. The molecular formula is C20H26N4O2. The van der Waals surface area contributed by atoms with Crippen LogP contribution in [0.15, 0.2) is 28.8 Å². The number of likely N-dealkylation sites (tertiary alicyclic amines) is 1. The van der Waals surface area contributed by atoms with Crippen molar-refractivity contribution < 1.29 is 9.32 Å². The Morgan fingerprint density at radius 2 is 2.04 bits per heavy atom. The average molecular weight is 354 g/mol. The van der Waals surface area contributed by atoms with Gasteiger partial charge in [0.1, 0.15) is 6.04 Å². The van der Waals surface area contributed by atoms with E-state index in [1.165, 1.54) is 19.3 Å². The number of urea groups is 1. The fourth-order valence-electron chi connectivity index (χ4n) is 4.04. The number of carbonyl (C=O) groups is 1. The van der Waals surface area contributed by atoms with E-state index in [9.17, 15) is 4.79 Å². The van der Waals surface area contributed by atoms with Crippen LogP contribution in [-0.4, -0.2) is 33.7 Å². The number of nitrogens with zero attached hydrogens (tertiary/aromatic N) is 3. The van der Waals surface area contributed by atoms with Gasteiger partial charge in [0.25, 0.3) is 0 Å². The van der Waals surface area contributed by atoms with Crippen molar-refractivity contribution in [2.45, 2.75) is 64.0 Å². The molecule has 1 aromatic carbocycles. The molecule has 1 atom stereocenters. The number of amides is 2. The second-order valence-corrected chi connectivity index (χ2v) is 7.46. The minimum Gasteiger partial charge on any atom is -0.337 e. The molecule has 1 saturated heterocycles. The van der Waals surface area contributed by atoms with Crippen molar-refractivity contribution in [3.63, 3.8) is 0 Å². The van der Waals surface area contributed by atoms with Gasteiger partial charge < -0.3 is 14.7 Å². The molecule has 2 aromatic rings. The predicted octanol–water partition coefficient (Wildman–Crippen LogP) is 4.22. The Kier molecular flexibility index (Phi) is 4.91. The number of hydrogen-bond acceptors (Lipinski definition) is 4. The van der Waals surface area contributed by atoms with E-state index in [2.05, 4.69) is 15.5 Å². The molecule has 2 amide bonds. The molecule has 1 N–H and O–H groups in total. The monoisotopic (exact) mass is 354 g/mol. The molecule has 0 radical (unpaired) electrons. The van der Waals surface area contributed by atoms with Crippen LogP contribution in [0, 0.1) is 6.92 Å². The van der Waals surface area contributed by atoms with Crippen molar-refractivity contribution in [1.29, 1.82) is 0 Å². The summed E-state index contributed by atoms with van der Waals surface area (Å²) in [6.45, 7) is 2.78. The van der Waals surface area contributed by atoms with Crippen LogP contribution in [0.25, 0.3) is 11.4 Å². The Hall–Kier alpha value is -2.37. The number of aromatic nitrogens is 2. The summed E-state index contributed by atoms with van der Waals surface area (Å²) < 4.78 is 5.53. The molecule has 0 spiro atoms. The highest BCUT2D eigenvalue weighted by Gasteiger charge is 2.35. The van der Waals surface area contributed by atoms with E-state index in [1.54, 1.807) is 0 Å². The first-order valence-corrected chi connectivity index (χ1v) is 9.68. The van der Waals surface area contributed by atoms with Crippen molar-refractivity contribution in [2.24, 2.45) is 0 Å². The van der Waals surface area contributed by atoms with Crippen LogP contribution in [0.2, 0.25) is 0 Å². The zero-order valence-corrected chi connectivity index (χ0v) is 15.3. The minimum absolute atomic E-state index is 0.00899. The zero-order valence-electron chi connectivity index (χ0n) is 15.3. The molecule has 1 aliphatic heterocycles. The molecule has 6 nitrogen and oxygen atoms in total. The number of hydrogen-bond donors (Lipinski definition) is 1. The van der Waals surface area contributed by atoms with E-state index in [0.29, 0.717) is 17.8 Å². The van der Waals surface area contributed by atoms with E-state index >= 15 is 0 Å². The lowest BCUT2D eigenvalue weighted by Crippen LogP contribution is -2.45. The second-order valence-electron chi connectivity index (χ2n) is 7.46. The average Bonchev–Trinajstić information content (AvgIpc) is 3.32. The lowest BCUT2D eigenvalue weighted by molar-refractivity contribution is 0.173. The van der Waals surface area contributed by atoms with Crippen LogP contribution in [0.3, 0.4) is 0 Å². The Morgan fingerprint density at radius 3 is 2.85 bits per heavy atom. The van der Waals surface area contributed by atoms with Crippen LogP contribution >= 0.6 is 0 Å². The minimum atomic E-state index is -0.121. The van der Waals surface area contributed by atoms with Crippen LogP contribution in [-0.2, 0) is 0 Å². The van der Waals surface area contributed by atoms with Crippen LogP contribution in [0.4, 0.5) is 4.79 Å². The van der Waals surface area contributed by atoms with Gasteiger partial charge in [0.05, 0.1) is 0 Å². The second kappa shape index (κ2) is 7.48. The third kappa shape index (κ3) is 3.59. The maximum atomic E-state index is 12.7. The van der Waals surface area contributed by atoms with Gasteiger partial charge in [0.2, 0.25) is 11.7 Å². The highest BCUT2D eigenvalue weighted by Crippen LogP contribution is 2.32. The summed E-state index contributed by atoms with van der Waals surface area (Å²) in [5.41, 5.74) is 2.10. The van der Waals surface area contributed by atoms with Gasteiger partial charge in [-0.3, -0.25) is 0 Å². The number of carbonyl (C=O) groups excluding carboxylic acids is 1. The van der Waals surface area contributed by atoms with Crippen molar-refractivity contribution in [2.75, 3.05) is 6.54 Å². The van der Waals surface area contributed by atoms with Crippen LogP contribution < -0.4 is 5.32 Å². The molecular weight excluding hydrogens is 328 g/mol. The van der Waals surface area contributed by atoms with E-state index in [4.69, 9.17) is 4.52 Å². The van der Waals surface area contributed by atoms with Crippen LogP contribution in [0.1, 0.15) is 62.4 Å². The van der Waals surface area contributed by atoms with Gasteiger partial charge in [0, 0.05) is 18.2 Å². The van der Waals surface area contributed by atoms with E-state index in [0.717, 1.165) is 43.4 Å². The van der Waals surface area contributed by atoms with Crippen molar-refractivity contribution >= 4 is 6.03 Å². The largest absolute Gasteiger partial charge is 0.337 e. The van der Waals surface area contributed by atoms with E-state index in [-0.39, 0.29) is 12.1 Å². The third-order valence-corrected chi connectivity index (χ3v) is 5.45. The Morgan fingerprint density at radius 1 is 1.19 bits per heavy atom. The molecule has 1 aromatic heterocycles. The van der Waals surface area contributed by atoms with Crippen molar-refractivity contribution in [3.05, 3.63) is 35.7 Å². The van der Waals surface area contributed by atoms with Crippen LogP contribution in [0.5, 0.6) is 0 Å². The summed E-state index contributed by atoms with van der Waals surface area (Å²) in [6.07, 6.45) is 7.70. The topological polar surface area (TPSA) is 71.3 Å². The highest BCUT2D eigenvalue weighted by molar-refractivity contribution is 5.75. The molecule has 138 valence electrons. The number of nitrogens with one attached hydrogen (secondary N) is 1. The first-order chi connectivity index (χ1) is 12.7. The van der Waals surface area contributed by atoms with Gasteiger partial charge in [-0.2, -0.15) is 4.98 Å². The van der Waals surface area contributed by atoms with Gasteiger partial charge in [-0.05, 0) is 38.7 Å². The molecule has 2 aliphatic rings. The molecule has 1 aliphatic carbocycles. The van der Waals surface area contributed by atoms with Gasteiger partial charge in [-0.15, -0.1) is 0 Å². The normalized spacial score (nSPS) is 21.1. The summed E-state index contributed by atoms with van der Waals surface area (Å²) in [5.74, 6) is 1.13. The lowest BCUT2D eigenvalue weighted by atomic mass is 9.96. The predicted molar refractivity (Wildman–Crippen MR) is 98.6 cm³/mol. The maximum absolute atomic E-state index is 12.7. The molecule has 26 heavy (non-hydrogen) atoms. The van der Waals surface area contributed by atoms with E-state index in [1.807, 2.05) is 36.1 Å². The fraction of sp³-hybridized carbons (Fsp3) is 0.550. The van der Waals surface area contributed by atoms with Crippen molar-refractivity contribution in [1.82, 2.24) is 20.4 Å². The number of benzene rings is 1. The number of rotatable bonds is 3. The maximum Gasteiger partial charge on any atom is 0.318 e. The zero-order chi connectivity index (χ0) is 17.9. The molecule has 1 saturated carbocycles. The summed E-state index contributed by atoms with van der Waals surface area (Å²) in [6, 6.07) is 8.24. The molecule has 2 fully saturated rings.